The summed E-state index contributed by atoms with van der Waals surface area (Å²) in [5.41, 5.74) is -1.56. The highest BCUT2D eigenvalue weighted by Crippen LogP contribution is 2.25. The smallest absolute Gasteiger partial charge is 0.335 e. The molecule has 288 valence electrons. The summed E-state index contributed by atoms with van der Waals surface area (Å²) < 4.78 is 68.2. The number of benzene rings is 2. The molecule has 1 atom stereocenters. The van der Waals surface area contributed by atoms with Gasteiger partial charge in [0.05, 0.1) is 50.8 Å². The lowest BCUT2D eigenvalue weighted by atomic mass is 9.97. The summed E-state index contributed by atoms with van der Waals surface area (Å²) >= 11 is 0. The van der Waals surface area contributed by atoms with Crippen molar-refractivity contribution in [1.82, 2.24) is 39.2 Å². The standard InChI is InChI=1S/C37H33F2N9O7S/c1-46-33-19-40-14-13-27(33)35(50)48(37(46)52)24-8-7-22(42-18-24)15-32(36(51)55-25-5-3-2-4-6-25)44-34(49)28-16-30(39)31(17-29(28)38)45-56(53,54)26-11-9-23(10-12-26)47-21-41-20-43-47/h7-14,16-21,25,32,45H,2-6,15H2,1H3,(H,44,49)/t32-/m0/s1. The summed E-state index contributed by atoms with van der Waals surface area (Å²) in [6.45, 7) is 0. The van der Waals surface area contributed by atoms with E-state index in [2.05, 4.69) is 25.4 Å². The molecule has 1 saturated carbocycles. The lowest BCUT2D eigenvalue weighted by Gasteiger charge is -2.25. The molecule has 7 rings (SSSR count). The second-order valence-electron chi connectivity index (χ2n) is 13.1. The number of hydrogen-bond donors (Lipinski definition) is 2. The van der Waals surface area contributed by atoms with E-state index < -0.39 is 68.2 Å². The van der Waals surface area contributed by atoms with Crippen LogP contribution in [-0.2, 0) is 33.0 Å². The number of nitrogens with zero attached hydrogens (tertiary/aromatic N) is 7. The van der Waals surface area contributed by atoms with Crippen molar-refractivity contribution in [2.45, 2.75) is 55.6 Å². The maximum absolute atomic E-state index is 15.5. The molecular weight excluding hydrogens is 753 g/mol. The van der Waals surface area contributed by atoms with Gasteiger partial charge in [0.2, 0.25) is 0 Å². The molecule has 0 radical (unpaired) electrons. The van der Waals surface area contributed by atoms with E-state index in [1.807, 2.05) is 4.72 Å². The molecule has 0 unspecified atom stereocenters. The van der Waals surface area contributed by atoms with Gasteiger partial charge in [0.15, 0.2) is 0 Å². The van der Waals surface area contributed by atoms with Crippen molar-refractivity contribution in [2.75, 3.05) is 4.72 Å². The predicted octanol–water partition coefficient (Wildman–Crippen LogP) is 3.36. The zero-order chi connectivity index (χ0) is 39.6. The highest BCUT2D eigenvalue weighted by atomic mass is 32.2. The topological polar surface area (TPSA) is 202 Å². The Kier molecular flexibility index (Phi) is 10.5. The normalized spacial score (nSPS) is 14.0. The first-order chi connectivity index (χ1) is 26.9. The fourth-order valence-electron chi connectivity index (χ4n) is 6.38. The molecule has 19 heteroatoms. The second kappa shape index (κ2) is 15.6. The molecule has 1 aliphatic rings. The van der Waals surface area contributed by atoms with E-state index in [4.69, 9.17) is 4.74 Å². The third-order valence-electron chi connectivity index (χ3n) is 9.35. The number of carbonyl (C=O) groups is 2. The van der Waals surface area contributed by atoms with Gasteiger partial charge in [-0.3, -0.25) is 28.8 Å². The van der Waals surface area contributed by atoms with Crippen LogP contribution in [0.2, 0.25) is 0 Å². The van der Waals surface area contributed by atoms with Gasteiger partial charge in [-0.25, -0.2) is 41.0 Å². The molecule has 0 saturated heterocycles. The van der Waals surface area contributed by atoms with E-state index in [1.165, 1.54) is 90.0 Å². The molecule has 0 bridgehead atoms. The number of esters is 1. The van der Waals surface area contributed by atoms with Crippen LogP contribution in [0, 0.1) is 11.6 Å². The fraction of sp³-hybridized carbons (Fsp3) is 0.243. The first-order valence-electron chi connectivity index (χ1n) is 17.4. The Morgan fingerprint density at radius 2 is 1.70 bits per heavy atom. The SMILES string of the molecule is Cn1c(=O)n(-c2ccc(C[C@H](NC(=O)c3cc(F)c(NS(=O)(=O)c4ccc(-n5cncn5)cc4)cc3F)C(=O)OC3CCCCC3)nc2)c(=O)c2ccncc21. The Morgan fingerprint density at radius 1 is 0.946 bits per heavy atom. The zero-order valence-corrected chi connectivity index (χ0v) is 30.4. The summed E-state index contributed by atoms with van der Waals surface area (Å²) in [6, 6.07) is 9.38. The molecule has 16 nitrogen and oxygen atoms in total. The van der Waals surface area contributed by atoms with Gasteiger partial charge in [0.1, 0.15) is 36.4 Å². The molecule has 2 N–H and O–H groups in total. The number of aromatic nitrogens is 7. The average Bonchev–Trinajstić information content (AvgIpc) is 3.74. The minimum atomic E-state index is -4.40. The quantitative estimate of drug-likeness (QED) is 0.183. The number of ether oxygens (including phenoxy) is 1. The van der Waals surface area contributed by atoms with Crippen molar-refractivity contribution in [1.29, 1.82) is 0 Å². The minimum Gasteiger partial charge on any atom is -0.461 e. The molecule has 6 aromatic rings. The van der Waals surface area contributed by atoms with Gasteiger partial charge in [-0.2, -0.15) is 5.10 Å². The zero-order valence-electron chi connectivity index (χ0n) is 29.6. The van der Waals surface area contributed by atoms with Crippen LogP contribution in [0.3, 0.4) is 0 Å². The number of sulfonamides is 1. The summed E-state index contributed by atoms with van der Waals surface area (Å²) in [5, 5.41) is 6.63. The van der Waals surface area contributed by atoms with Crippen molar-refractivity contribution in [2.24, 2.45) is 7.05 Å². The monoisotopic (exact) mass is 785 g/mol. The van der Waals surface area contributed by atoms with Gasteiger partial charge in [-0.1, -0.05) is 6.42 Å². The van der Waals surface area contributed by atoms with Crippen molar-refractivity contribution in [3.8, 4) is 11.4 Å². The molecule has 1 aliphatic carbocycles. The first-order valence-corrected chi connectivity index (χ1v) is 18.9. The molecule has 56 heavy (non-hydrogen) atoms. The molecule has 1 amide bonds. The summed E-state index contributed by atoms with van der Waals surface area (Å²) in [5.74, 6) is -4.54. The number of fused-ring (bicyclic) bond motifs is 1. The van der Waals surface area contributed by atoms with Crippen molar-refractivity contribution in [3.05, 3.63) is 130 Å². The van der Waals surface area contributed by atoms with Crippen LogP contribution in [0.1, 0.15) is 48.2 Å². The molecule has 4 heterocycles. The van der Waals surface area contributed by atoms with E-state index in [-0.39, 0.29) is 28.1 Å². The van der Waals surface area contributed by atoms with Crippen LogP contribution >= 0.6 is 0 Å². The maximum Gasteiger partial charge on any atom is 0.335 e. The number of aryl methyl sites for hydroxylation is 1. The van der Waals surface area contributed by atoms with Crippen LogP contribution in [-0.4, -0.2) is 66.3 Å². The van der Waals surface area contributed by atoms with Gasteiger partial charge >= 0.3 is 11.7 Å². The molecule has 0 spiro atoms. The molecule has 1 fully saturated rings. The van der Waals surface area contributed by atoms with E-state index >= 15 is 8.78 Å². The molecule has 4 aromatic heterocycles. The van der Waals surface area contributed by atoms with E-state index in [0.717, 1.165) is 23.8 Å². The summed E-state index contributed by atoms with van der Waals surface area (Å²) in [6.07, 6.45) is 10.1. The predicted molar refractivity (Wildman–Crippen MR) is 197 cm³/mol. The maximum atomic E-state index is 15.5. The number of carbonyl (C=O) groups excluding carboxylic acids is 2. The van der Waals surface area contributed by atoms with Crippen molar-refractivity contribution >= 4 is 38.5 Å². The number of hydrogen-bond acceptors (Lipinski definition) is 11. The van der Waals surface area contributed by atoms with E-state index in [9.17, 15) is 27.6 Å². The highest BCUT2D eigenvalue weighted by molar-refractivity contribution is 7.92. The van der Waals surface area contributed by atoms with Crippen LogP contribution in [0.15, 0.2) is 100 Å². The number of pyridine rings is 2. The lowest BCUT2D eigenvalue weighted by Crippen LogP contribution is -2.45. The number of halogens is 2. The Balaban J connectivity index is 1.11. The first kappa shape index (κ1) is 37.7. The third kappa shape index (κ3) is 7.79. The molecular formula is C37H33F2N9O7S. The Hall–Kier alpha value is -6.63. The van der Waals surface area contributed by atoms with Gasteiger partial charge in [0, 0.05) is 31.4 Å². The van der Waals surface area contributed by atoms with Gasteiger partial charge in [0.25, 0.3) is 21.5 Å². The fourth-order valence-corrected chi connectivity index (χ4v) is 7.44. The van der Waals surface area contributed by atoms with Crippen LogP contribution in [0.4, 0.5) is 14.5 Å². The van der Waals surface area contributed by atoms with E-state index in [1.54, 1.807) is 0 Å². The Morgan fingerprint density at radius 3 is 2.39 bits per heavy atom. The molecule has 0 aliphatic heterocycles. The van der Waals surface area contributed by atoms with Crippen molar-refractivity contribution in [3.63, 3.8) is 0 Å². The average molecular weight is 786 g/mol. The highest BCUT2D eigenvalue weighted by Gasteiger charge is 2.29. The van der Waals surface area contributed by atoms with Gasteiger partial charge in [-0.15, -0.1) is 0 Å². The second-order valence-corrected chi connectivity index (χ2v) is 14.7. The minimum absolute atomic E-state index is 0.139. The van der Waals surface area contributed by atoms with Crippen LogP contribution in [0.25, 0.3) is 22.3 Å². The van der Waals surface area contributed by atoms with Gasteiger partial charge < -0.3 is 10.1 Å². The number of anilines is 1. The number of amides is 1. The molecule has 2 aromatic carbocycles. The Bertz CT molecular complexity index is 2660. The van der Waals surface area contributed by atoms with E-state index in [0.29, 0.717) is 36.2 Å². The number of rotatable bonds is 11. The van der Waals surface area contributed by atoms with Crippen LogP contribution in [0.5, 0.6) is 0 Å². The summed E-state index contributed by atoms with van der Waals surface area (Å²) in [4.78, 5) is 65.2. The largest absolute Gasteiger partial charge is 0.461 e. The Labute approximate surface area is 316 Å². The summed E-state index contributed by atoms with van der Waals surface area (Å²) in [7, 11) is -2.90. The van der Waals surface area contributed by atoms with Gasteiger partial charge in [-0.05, 0) is 74.2 Å². The lowest BCUT2D eigenvalue weighted by molar-refractivity contribution is -0.152. The van der Waals surface area contributed by atoms with Crippen molar-refractivity contribution < 1.29 is 31.5 Å². The number of nitrogens with one attached hydrogen (secondary N) is 2. The van der Waals surface area contributed by atoms with Crippen LogP contribution < -0.4 is 21.3 Å². The third-order valence-corrected chi connectivity index (χ3v) is 10.7.